The van der Waals surface area contributed by atoms with E-state index < -0.39 is 52.3 Å². The number of sulfonamides is 1. The second kappa shape index (κ2) is 15.8. The normalized spacial score (nSPS) is 12.4. The van der Waals surface area contributed by atoms with E-state index in [4.69, 9.17) is 27.8 Å². The number of aliphatic imine (C=N–C) groups is 1. The zero-order valence-electron chi connectivity index (χ0n) is 24.3. The molecule has 0 saturated heterocycles. The molecule has 0 aliphatic carbocycles. The zero-order chi connectivity index (χ0) is 32.3. The number of ether oxygens (including phenoxy) is 1. The molecule has 0 radical (unpaired) electrons. The first-order chi connectivity index (χ1) is 20.8. The molecule has 0 fully saturated rings. The molecule has 2 unspecified atom stereocenters. The van der Waals surface area contributed by atoms with Crippen LogP contribution in [-0.2, 0) is 47.9 Å². The maximum atomic E-state index is 13.5. The van der Waals surface area contributed by atoms with Crippen LogP contribution in [0.25, 0.3) is 0 Å². The molecule has 0 heterocycles. The lowest BCUT2D eigenvalue weighted by atomic mass is 10.1. The van der Waals surface area contributed by atoms with Crippen molar-refractivity contribution < 1.29 is 27.5 Å². The van der Waals surface area contributed by atoms with Gasteiger partial charge < -0.3 is 26.4 Å². The van der Waals surface area contributed by atoms with Gasteiger partial charge in [0.2, 0.25) is 21.8 Å². The Bertz CT molecular complexity index is 1560. The molecule has 0 bridgehead atoms. The van der Waals surface area contributed by atoms with Crippen molar-refractivity contribution in [2.45, 2.75) is 37.7 Å². The molecule has 0 aromatic heterocycles. The molecule has 3 aromatic rings. The van der Waals surface area contributed by atoms with Gasteiger partial charge >= 0.3 is 5.97 Å². The lowest BCUT2D eigenvalue weighted by Gasteiger charge is -2.28. The third kappa shape index (κ3) is 11.0. The molecule has 0 aliphatic heterocycles. The highest BCUT2D eigenvalue weighted by Crippen LogP contribution is 2.14. The number of carbonyl (C=O) groups excluding carboxylic acids is 3. The second-order valence-electron chi connectivity index (χ2n) is 9.95. The van der Waals surface area contributed by atoms with Crippen LogP contribution in [-0.4, -0.2) is 62.8 Å². The Morgan fingerprint density at radius 1 is 0.932 bits per heavy atom. The molecule has 2 atom stereocenters. The van der Waals surface area contributed by atoms with Crippen LogP contribution in [0.1, 0.15) is 23.6 Å². The molecular formula is C30H35ClN6O6S. The van der Waals surface area contributed by atoms with Crippen molar-refractivity contribution in [3.63, 3.8) is 0 Å². The molecule has 3 aromatic carbocycles. The molecular weight excluding hydrogens is 608 g/mol. The molecule has 12 nitrogen and oxygen atoms in total. The van der Waals surface area contributed by atoms with Gasteiger partial charge in [0.25, 0.3) is 0 Å². The Balaban J connectivity index is 1.68. The number of nitrogens with zero attached hydrogens (tertiary/aromatic N) is 2. The summed E-state index contributed by atoms with van der Waals surface area (Å²) in [5.41, 5.74) is 13.2. The van der Waals surface area contributed by atoms with Crippen molar-refractivity contribution in [1.82, 2.24) is 14.9 Å². The number of amides is 2. The number of carbonyl (C=O) groups is 3. The SMILES string of the molecule is CC(C(=O)NCc1ccc(N=C(N)N)cc1)N(C)C(=O)C(COC(=O)Cc1ccccc1)NS(=O)(=O)Cc1ccc(Cl)cc1. The number of nitrogens with two attached hydrogens (primary N) is 2. The number of halogens is 1. The Labute approximate surface area is 261 Å². The van der Waals surface area contributed by atoms with Crippen molar-refractivity contribution in [2.24, 2.45) is 16.5 Å². The summed E-state index contributed by atoms with van der Waals surface area (Å²) in [6, 6.07) is 19.4. The number of likely N-dealkylation sites (N-methyl/N-ethyl adjacent to an activating group) is 1. The first kappa shape index (κ1) is 34.0. The van der Waals surface area contributed by atoms with Gasteiger partial charge in [-0.05, 0) is 47.9 Å². The number of guanidine groups is 1. The standard InChI is InChI=1S/C30H35ClN6O6S/c1-20(28(39)34-17-22-10-14-25(15-11-22)35-30(32)33)37(2)29(40)26(18-43-27(38)16-21-6-4-3-5-7-21)36-44(41,42)19-23-8-12-24(31)13-9-23/h3-15,20,26,36H,16-19H2,1-2H3,(H,34,39)(H4,32,33,35). The van der Waals surface area contributed by atoms with Crippen LogP contribution >= 0.6 is 11.6 Å². The van der Waals surface area contributed by atoms with Crippen LogP contribution in [0.2, 0.25) is 5.02 Å². The Hall–Kier alpha value is -4.46. The summed E-state index contributed by atoms with van der Waals surface area (Å²) in [4.78, 5) is 44.0. The van der Waals surface area contributed by atoms with Gasteiger partial charge in [-0.1, -0.05) is 66.2 Å². The van der Waals surface area contributed by atoms with E-state index in [0.29, 0.717) is 21.8 Å². The molecule has 3 rings (SSSR count). The van der Waals surface area contributed by atoms with E-state index in [9.17, 15) is 22.8 Å². The lowest BCUT2D eigenvalue weighted by Crippen LogP contribution is -2.55. The van der Waals surface area contributed by atoms with Gasteiger partial charge in [0.1, 0.15) is 18.7 Å². The van der Waals surface area contributed by atoms with Crippen LogP contribution in [0.3, 0.4) is 0 Å². The van der Waals surface area contributed by atoms with Crippen molar-refractivity contribution in [1.29, 1.82) is 0 Å². The van der Waals surface area contributed by atoms with E-state index in [0.717, 1.165) is 10.5 Å². The predicted octanol–water partition coefficient (Wildman–Crippen LogP) is 1.98. The zero-order valence-corrected chi connectivity index (χ0v) is 25.8. The summed E-state index contributed by atoms with van der Waals surface area (Å²) in [7, 11) is -2.73. The minimum Gasteiger partial charge on any atom is -0.463 e. The average Bonchev–Trinajstić information content (AvgIpc) is 2.99. The van der Waals surface area contributed by atoms with Crippen LogP contribution < -0.4 is 21.5 Å². The summed E-state index contributed by atoms with van der Waals surface area (Å²) in [5, 5.41) is 3.18. The van der Waals surface area contributed by atoms with Crippen LogP contribution in [0.15, 0.2) is 83.9 Å². The first-order valence-corrected chi connectivity index (χ1v) is 15.5. The van der Waals surface area contributed by atoms with Gasteiger partial charge in [0, 0.05) is 18.6 Å². The highest BCUT2D eigenvalue weighted by Gasteiger charge is 2.32. The fourth-order valence-corrected chi connectivity index (χ4v) is 5.43. The lowest BCUT2D eigenvalue weighted by molar-refractivity contribution is -0.147. The second-order valence-corrected chi connectivity index (χ2v) is 12.1. The minimum absolute atomic E-state index is 0.0686. The quantitative estimate of drug-likeness (QED) is 0.117. The third-order valence-electron chi connectivity index (χ3n) is 6.46. The fraction of sp³-hybridized carbons (Fsp3) is 0.267. The van der Waals surface area contributed by atoms with Crippen molar-refractivity contribution in [3.05, 3.63) is 101 Å². The number of hydrogen-bond donors (Lipinski definition) is 4. The van der Waals surface area contributed by atoms with Crippen LogP contribution in [0.5, 0.6) is 0 Å². The van der Waals surface area contributed by atoms with Gasteiger partial charge in [0.15, 0.2) is 5.96 Å². The number of benzene rings is 3. The van der Waals surface area contributed by atoms with E-state index in [-0.39, 0.29) is 18.9 Å². The molecule has 0 aliphatic rings. The van der Waals surface area contributed by atoms with E-state index >= 15 is 0 Å². The highest BCUT2D eigenvalue weighted by atomic mass is 35.5. The summed E-state index contributed by atoms with van der Waals surface area (Å²) in [5.74, 6) is -2.43. The molecule has 14 heteroatoms. The van der Waals surface area contributed by atoms with Gasteiger partial charge in [-0.2, -0.15) is 4.72 Å². The Morgan fingerprint density at radius 2 is 1.55 bits per heavy atom. The van der Waals surface area contributed by atoms with Gasteiger partial charge in [-0.15, -0.1) is 0 Å². The molecule has 2 amide bonds. The summed E-state index contributed by atoms with van der Waals surface area (Å²) in [6.07, 6.45) is -0.0686. The molecule has 0 saturated carbocycles. The molecule has 234 valence electrons. The van der Waals surface area contributed by atoms with Crippen LogP contribution in [0.4, 0.5) is 5.69 Å². The van der Waals surface area contributed by atoms with Crippen molar-refractivity contribution >= 4 is 51.1 Å². The predicted molar refractivity (Wildman–Crippen MR) is 168 cm³/mol. The third-order valence-corrected chi connectivity index (χ3v) is 8.07. The van der Waals surface area contributed by atoms with Crippen molar-refractivity contribution in [3.8, 4) is 0 Å². The van der Waals surface area contributed by atoms with E-state index in [1.54, 1.807) is 78.9 Å². The monoisotopic (exact) mass is 642 g/mol. The Kier molecular flexibility index (Phi) is 12.3. The van der Waals surface area contributed by atoms with Gasteiger partial charge in [0.05, 0.1) is 17.9 Å². The molecule has 6 N–H and O–H groups in total. The maximum absolute atomic E-state index is 13.5. The Morgan fingerprint density at radius 3 is 2.16 bits per heavy atom. The van der Waals surface area contributed by atoms with Crippen molar-refractivity contribution in [2.75, 3.05) is 13.7 Å². The largest absolute Gasteiger partial charge is 0.463 e. The number of hydrogen-bond acceptors (Lipinski definition) is 7. The number of rotatable bonds is 14. The number of nitrogens with one attached hydrogen (secondary N) is 2. The smallest absolute Gasteiger partial charge is 0.310 e. The van der Waals surface area contributed by atoms with E-state index in [1.807, 2.05) is 0 Å². The maximum Gasteiger partial charge on any atom is 0.310 e. The fourth-order valence-electron chi connectivity index (χ4n) is 3.99. The summed E-state index contributed by atoms with van der Waals surface area (Å²) >= 11 is 5.90. The van der Waals surface area contributed by atoms with Gasteiger partial charge in [-0.3, -0.25) is 14.4 Å². The number of esters is 1. The first-order valence-electron chi connectivity index (χ1n) is 13.5. The van der Waals surface area contributed by atoms with E-state index in [1.165, 1.54) is 14.0 Å². The van der Waals surface area contributed by atoms with Crippen LogP contribution in [0, 0.1) is 0 Å². The average molecular weight is 643 g/mol. The summed E-state index contributed by atoms with van der Waals surface area (Å²) < 4.78 is 33.7. The topological polar surface area (TPSA) is 186 Å². The van der Waals surface area contributed by atoms with E-state index in [2.05, 4.69) is 15.0 Å². The highest BCUT2D eigenvalue weighted by molar-refractivity contribution is 7.88. The molecule has 0 spiro atoms. The summed E-state index contributed by atoms with van der Waals surface area (Å²) in [6.45, 7) is 1.07. The molecule has 44 heavy (non-hydrogen) atoms. The minimum atomic E-state index is -4.09. The van der Waals surface area contributed by atoms with Gasteiger partial charge in [-0.25, -0.2) is 13.4 Å².